The summed E-state index contributed by atoms with van der Waals surface area (Å²) in [6, 6.07) is 0.721. The summed E-state index contributed by atoms with van der Waals surface area (Å²) < 4.78 is 0. The zero-order valence-electron chi connectivity index (χ0n) is 10.2. The topological polar surface area (TPSA) is 12.0 Å². The molecule has 0 saturated carbocycles. The lowest BCUT2D eigenvalue weighted by Gasteiger charge is -2.17. The van der Waals surface area contributed by atoms with Gasteiger partial charge in [-0.25, -0.2) is 0 Å². The van der Waals surface area contributed by atoms with Crippen molar-refractivity contribution in [3.8, 4) is 0 Å². The van der Waals surface area contributed by atoms with Crippen LogP contribution in [-0.4, -0.2) is 13.1 Å². The second kappa shape index (κ2) is 9.26. The van der Waals surface area contributed by atoms with Crippen molar-refractivity contribution >= 4 is 0 Å². The van der Waals surface area contributed by atoms with E-state index in [0.29, 0.717) is 0 Å². The third-order valence-corrected chi connectivity index (χ3v) is 2.63. The SMILES string of the molecule is C=CCCCCCC(CC(C)C)NC. The molecule has 0 rings (SSSR count). The Morgan fingerprint density at radius 3 is 2.43 bits per heavy atom. The maximum absolute atomic E-state index is 3.74. The lowest BCUT2D eigenvalue weighted by molar-refractivity contribution is 0.407. The lowest BCUT2D eigenvalue weighted by Crippen LogP contribution is -2.26. The smallest absolute Gasteiger partial charge is 0.00664 e. The van der Waals surface area contributed by atoms with Crippen LogP contribution < -0.4 is 5.32 Å². The fourth-order valence-corrected chi connectivity index (χ4v) is 1.81. The second-order valence-corrected chi connectivity index (χ2v) is 4.54. The minimum atomic E-state index is 0.721. The van der Waals surface area contributed by atoms with Gasteiger partial charge in [-0.3, -0.25) is 0 Å². The Bertz CT molecular complexity index is 129. The van der Waals surface area contributed by atoms with Crippen LogP contribution in [0.3, 0.4) is 0 Å². The summed E-state index contributed by atoms with van der Waals surface area (Å²) in [5, 5.41) is 3.40. The molecule has 0 radical (unpaired) electrons. The molecule has 0 heterocycles. The van der Waals surface area contributed by atoms with Gasteiger partial charge in [0.05, 0.1) is 0 Å². The van der Waals surface area contributed by atoms with Gasteiger partial charge in [-0.1, -0.05) is 32.8 Å². The summed E-state index contributed by atoms with van der Waals surface area (Å²) in [7, 11) is 2.08. The molecule has 0 aromatic carbocycles. The van der Waals surface area contributed by atoms with E-state index in [1.54, 1.807) is 0 Å². The molecule has 0 aliphatic heterocycles. The third-order valence-electron chi connectivity index (χ3n) is 2.63. The van der Waals surface area contributed by atoms with Crippen molar-refractivity contribution in [2.24, 2.45) is 5.92 Å². The van der Waals surface area contributed by atoms with Crippen molar-refractivity contribution in [2.45, 2.75) is 58.4 Å². The Morgan fingerprint density at radius 2 is 1.93 bits per heavy atom. The van der Waals surface area contributed by atoms with Gasteiger partial charge < -0.3 is 5.32 Å². The molecular formula is C13H27N. The number of nitrogens with one attached hydrogen (secondary N) is 1. The van der Waals surface area contributed by atoms with Crippen LogP contribution in [0.4, 0.5) is 0 Å². The van der Waals surface area contributed by atoms with Gasteiger partial charge in [-0.05, 0) is 38.6 Å². The largest absolute Gasteiger partial charge is 0.317 e. The lowest BCUT2D eigenvalue weighted by atomic mass is 9.98. The molecule has 0 bridgehead atoms. The van der Waals surface area contributed by atoms with Gasteiger partial charge in [0.25, 0.3) is 0 Å². The second-order valence-electron chi connectivity index (χ2n) is 4.54. The average Bonchev–Trinajstić information content (AvgIpc) is 2.15. The summed E-state index contributed by atoms with van der Waals surface area (Å²) in [6.07, 6.45) is 9.83. The summed E-state index contributed by atoms with van der Waals surface area (Å²) in [4.78, 5) is 0. The van der Waals surface area contributed by atoms with Crippen molar-refractivity contribution < 1.29 is 0 Å². The van der Waals surface area contributed by atoms with E-state index in [2.05, 4.69) is 32.8 Å². The molecule has 84 valence electrons. The van der Waals surface area contributed by atoms with Crippen LogP contribution in [0.25, 0.3) is 0 Å². The van der Waals surface area contributed by atoms with Crippen LogP contribution >= 0.6 is 0 Å². The molecule has 1 heteroatoms. The Balaban J connectivity index is 3.37. The zero-order chi connectivity index (χ0) is 10.8. The monoisotopic (exact) mass is 197 g/mol. The van der Waals surface area contributed by atoms with Crippen LogP contribution in [0.1, 0.15) is 52.4 Å². The molecule has 0 spiro atoms. The molecule has 1 nitrogen and oxygen atoms in total. The highest BCUT2D eigenvalue weighted by atomic mass is 14.9. The van der Waals surface area contributed by atoms with E-state index in [-0.39, 0.29) is 0 Å². The Morgan fingerprint density at radius 1 is 1.21 bits per heavy atom. The first-order chi connectivity index (χ1) is 6.70. The van der Waals surface area contributed by atoms with Gasteiger partial charge in [-0.2, -0.15) is 0 Å². The Kier molecular flexibility index (Phi) is 9.06. The summed E-state index contributed by atoms with van der Waals surface area (Å²) in [6.45, 7) is 8.32. The highest BCUT2D eigenvalue weighted by molar-refractivity contribution is 4.68. The highest BCUT2D eigenvalue weighted by Gasteiger charge is 2.07. The van der Waals surface area contributed by atoms with Crippen LogP contribution in [0.15, 0.2) is 12.7 Å². The molecule has 0 saturated heterocycles. The zero-order valence-corrected chi connectivity index (χ0v) is 10.2. The molecule has 0 fully saturated rings. The van der Waals surface area contributed by atoms with Crippen molar-refractivity contribution in [2.75, 3.05) is 7.05 Å². The summed E-state index contributed by atoms with van der Waals surface area (Å²) in [5.41, 5.74) is 0. The molecule has 0 aliphatic rings. The number of hydrogen-bond donors (Lipinski definition) is 1. The molecule has 0 aromatic heterocycles. The minimum Gasteiger partial charge on any atom is -0.317 e. The van der Waals surface area contributed by atoms with Crippen LogP contribution in [0.5, 0.6) is 0 Å². The van der Waals surface area contributed by atoms with Gasteiger partial charge in [0.15, 0.2) is 0 Å². The predicted molar refractivity (Wildman–Crippen MR) is 65.6 cm³/mol. The number of hydrogen-bond acceptors (Lipinski definition) is 1. The number of unbranched alkanes of at least 4 members (excludes halogenated alkanes) is 3. The maximum atomic E-state index is 3.74. The Labute approximate surface area is 90.0 Å². The summed E-state index contributed by atoms with van der Waals surface area (Å²) in [5.74, 6) is 0.806. The first-order valence-electron chi connectivity index (χ1n) is 5.98. The van der Waals surface area contributed by atoms with Crippen LogP contribution in [-0.2, 0) is 0 Å². The molecule has 14 heavy (non-hydrogen) atoms. The standard InChI is InChI=1S/C13H27N/c1-5-6-7-8-9-10-13(14-4)11-12(2)3/h5,12-14H,1,6-11H2,2-4H3. The third kappa shape index (κ3) is 8.31. The van der Waals surface area contributed by atoms with E-state index in [1.807, 2.05) is 6.08 Å². The molecule has 0 aromatic rings. The van der Waals surface area contributed by atoms with Gasteiger partial charge in [-0.15, -0.1) is 6.58 Å². The predicted octanol–water partition coefficient (Wildman–Crippen LogP) is 3.76. The van der Waals surface area contributed by atoms with E-state index >= 15 is 0 Å². The van der Waals surface area contributed by atoms with Crippen molar-refractivity contribution in [1.29, 1.82) is 0 Å². The first-order valence-corrected chi connectivity index (χ1v) is 5.98. The molecule has 0 aliphatic carbocycles. The quantitative estimate of drug-likeness (QED) is 0.438. The molecule has 1 N–H and O–H groups in total. The Hall–Kier alpha value is -0.300. The van der Waals surface area contributed by atoms with Crippen molar-refractivity contribution in [3.63, 3.8) is 0 Å². The molecule has 1 unspecified atom stereocenters. The van der Waals surface area contributed by atoms with E-state index in [9.17, 15) is 0 Å². The molecular weight excluding hydrogens is 170 g/mol. The van der Waals surface area contributed by atoms with Crippen molar-refractivity contribution in [3.05, 3.63) is 12.7 Å². The molecule has 1 atom stereocenters. The van der Waals surface area contributed by atoms with E-state index < -0.39 is 0 Å². The fourth-order valence-electron chi connectivity index (χ4n) is 1.81. The van der Waals surface area contributed by atoms with Gasteiger partial charge in [0.1, 0.15) is 0 Å². The maximum Gasteiger partial charge on any atom is 0.00664 e. The normalized spacial score (nSPS) is 13.1. The van der Waals surface area contributed by atoms with Crippen LogP contribution in [0.2, 0.25) is 0 Å². The molecule has 0 amide bonds. The van der Waals surface area contributed by atoms with Gasteiger partial charge in [0, 0.05) is 6.04 Å². The highest BCUT2D eigenvalue weighted by Crippen LogP contribution is 2.12. The van der Waals surface area contributed by atoms with Crippen molar-refractivity contribution in [1.82, 2.24) is 5.32 Å². The van der Waals surface area contributed by atoms with Gasteiger partial charge >= 0.3 is 0 Å². The van der Waals surface area contributed by atoms with E-state index in [1.165, 1.54) is 38.5 Å². The number of rotatable bonds is 9. The minimum absolute atomic E-state index is 0.721. The van der Waals surface area contributed by atoms with E-state index in [0.717, 1.165) is 12.0 Å². The fraction of sp³-hybridized carbons (Fsp3) is 0.846. The summed E-state index contributed by atoms with van der Waals surface area (Å²) >= 11 is 0. The first kappa shape index (κ1) is 13.7. The van der Waals surface area contributed by atoms with Crippen LogP contribution in [0, 0.1) is 5.92 Å². The van der Waals surface area contributed by atoms with Gasteiger partial charge in [0.2, 0.25) is 0 Å². The van der Waals surface area contributed by atoms with E-state index in [4.69, 9.17) is 0 Å². The average molecular weight is 197 g/mol. The number of allylic oxidation sites excluding steroid dienone is 1.